The maximum Gasteiger partial charge on any atom is 0.327 e. The number of hydrogen-bond acceptors (Lipinski definition) is 5. The largest absolute Gasteiger partial charge is 0.369 e. The molecule has 0 radical (unpaired) electrons. The summed E-state index contributed by atoms with van der Waals surface area (Å²) in [6, 6.07) is 4.74. The van der Waals surface area contributed by atoms with E-state index in [0.29, 0.717) is 29.0 Å². The molecule has 5 rings (SSSR count). The Morgan fingerprint density at radius 2 is 2.07 bits per heavy atom. The Labute approximate surface area is 167 Å². The molecular formula is C20H22FN7O. The summed E-state index contributed by atoms with van der Waals surface area (Å²) in [5.74, 6) is 0.223. The molecule has 0 spiro atoms. The summed E-state index contributed by atoms with van der Waals surface area (Å²) < 4.78 is 15.9. The van der Waals surface area contributed by atoms with Crippen LogP contribution in [0.5, 0.6) is 0 Å². The Morgan fingerprint density at radius 3 is 2.90 bits per heavy atom. The van der Waals surface area contributed by atoms with Crippen molar-refractivity contribution >= 4 is 34.1 Å². The highest BCUT2D eigenvalue weighted by Gasteiger charge is 2.30. The summed E-state index contributed by atoms with van der Waals surface area (Å²) in [5, 5.41) is 10.9. The highest BCUT2D eigenvalue weighted by atomic mass is 19.1. The van der Waals surface area contributed by atoms with E-state index in [1.165, 1.54) is 6.07 Å². The van der Waals surface area contributed by atoms with E-state index in [9.17, 15) is 9.18 Å². The lowest BCUT2D eigenvalue weighted by molar-refractivity contribution is 0.257. The molecule has 4 heterocycles. The van der Waals surface area contributed by atoms with Crippen LogP contribution in [0.4, 0.5) is 26.4 Å². The molecule has 2 amide bonds. The van der Waals surface area contributed by atoms with Crippen molar-refractivity contribution < 1.29 is 9.18 Å². The zero-order valence-electron chi connectivity index (χ0n) is 16.2. The number of hydrogen-bond donors (Lipinski definition) is 2. The number of piperazine rings is 1. The number of nitrogens with one attached hydrogen (secondary N) is 2. The van der Waals surface area contributed by atoms with Crippen LogP contribution in [-0.4, -0.2) is 53.5 Å². The van der Waals surface area contributed by atoms with Crippen molar-refractivity contribution in [2.45, 2.75) is 6.42 Å². The molecule has 2 aliphatic rings. The lowest BCUT2D eigenvalue weighted by Crippen LogP contribution is -2.43. The molecule has 0 aliphatic carbocycles. The van der Waals surface area contributed by atoms with Crippen LogP contribution in [0.15, 0.2) is 30.6 Å². The molecule has 1 fully saturated rings. The number of urea groups is 1. The van der Waals surface area contributed by atoms with E-state index < -0.39 is 5.82 Å². The molecule has 0 saturated carbocycles. The number of amides is 2. The second-order valence-electron chi connectivity index (χ2n) is 7.40. The van der Waals surface area contributed by atoms with Crippen LogP contribution in [0.1, 0.15) is 5.56 Å². The molecule has 0 atom stereocenters. The van der Waals surface area contributed by atoms with Crippen LogP contribution < -0.4 is 20.4 Å². The fraction of sp³-hybridized carbons (Fsp3) is 0.350. The molecule has 2 aliphatic heterocycles. The van der Waals surface area contributed by atoms with Crippen LogP contribution >= 0.6 is 0 Å². The topological polar surface area (TPSA) is 78.3 Å². The molecule has 1 saturated heterocycles. The van der Waals surface area contributed by atoms with E-state index in [1.807, 2.05) is 6.07 Å². The van der Waals surface area contributed by atoms with Crippen LogP contribution in [-0.2, 0) is 13.5 Å². The van der Waals surface area contributed by atoms with Gasteiger partial charge in [0.2, 0.25) is 0 Å². The summed E-state index contributed by atoms with van der Waals surface area (Å²) in [6.07, 6.45) is 4.23. The molecule has 2 aromatic heterocycles. The summed E-state index contributed by atoms with van der Waals surface area (Å²) >= 11 is 0. The van der Waals surface area contributed by atoms with Crippen molar-refractivity contribution in [1.82, 2.24) is 20.1 Å². The molecule has 8 nitrogen and oxygen atoms in total. The highest BCUT2D eigenvalue weighted by Crippen LogP contribution is 2.34. The number of carbonyl (C=O) groups excluding carboxylic acids is 1. The number of rotatable bonds is 2. The van der Waals surface area contributed by atoms with Crippen molar-refractivity contribution in [1.29, 1.82) is 0 Å². The van der Waals surface area contributed by atoms with Crippen molar-refractivity contribution in [3.05, 3.63) is 42.0 Å². The van der Waals surface area contributed by atoms with Gasteiger partial charge in [-0.1, -0.05) is 0 Å². The third-order valence-corrected chi connectivity index (χ3v) is 5.48. The molecular weight excluding hydrogens is 373 g/mol. The van der Waals surface area contributed by atoms with Crippen LogP contribution in [0.2, 0.25) is 0 Å². The fourth-order valence-corrected chi connectivity index (χ4v) is 4.15. The Bertz CT molecular complexity index is 1090. The second-order valence-corrected chi connectivity index (χ2v) is 7.40. The van der Waals surface area contributed by atoms with Gasteiger partial charge in [0.15, 0.2) is 5.82 Å². The molecule has 1 aromatic carbocycles. The number of benzene rings is 1. The average molecular weight is 395 g/mol. The normalized spacial score (nSPS) is 16.3. The van der Waals surface area contributed by atoms with Crippen LogP contribution in [0.25, 0.3) is 10.9 Å². The number of halogens is 1. The third kappa shape index (κ3) is 3.17. The van der Waals surface area contributed by atoms with Crippen molar-refractivity contribution in [2.75, 3.05) is 47.8 Å². The number of nitrogens with zero attached hydrogens (tertiary/aromatic N) is 5. The minimum atomic E-state index is -0.459. The zero-order valence-corrected chi connectivity index (χ0v) is 16.2. The minimum absolute atomic E-state index is 0.291. The Hall–Kier alpha value is -3.20. The van der Waals surface area contributed by atoms with Gasteiger partial charge in [0, 0.05) is 74.5 Å². The lowest BCUT2D eigenvalue weighted by atomic mass is 10.1. The zero-order chi connectivity index (χ0) is 20.0. The number of pyridine rings is 1. The predicted molar refractivity (Wildman–Crippen MR) is 110 cm³/mol. The SMILES string of the molecule is Cn1cc2cc(NC(=O)N3CCc4c(N5CCNCC5)ccnc43)cc(F)c2n1. The smallest absolute Gasteiger partial charge is 0.327 e. The lowest BCUT2D eigenvalue weighted by Gasteiger charge is -2.31. The summed E-state index contributed by atoms with van der Waals surface area (Å²) in [4.78, 5) is 21.4. The molecule has 0 bridgehead atoms. The third-order valence-electron chi connectivity index (χ3n) is 5.48. The van der Waals surface area contributed by atoms with Crippen molar-refractivity contribution in [3.63, 3.8) is 0 Å². The Balaban J connectivity index is 1.40. The van der Waals surface area contributed by atoms with Crippen LogP contribution in [0, 0.1) is 5.82 Å². The van der Waals surface area contributed by atoms with Gasteiger partial charge in [-0.05, 0) is 24.6 Å². The second kappa shape index (κ2) is 7.00. The monoisotopic (exact) mass is 395 g/mol. The first-order valence-electron chi connectivity index (χ1n) is 9.75. The Morgan fingerprint density at radius 1 is 1.24 bits per heavy atom. The first-order chi connectivity index (χ1) is 14.1. The maximum atomic E-state index is 14.3. The molecule has 9 heteroatoms. The molecule has 150 valence electrons. The van der Waals surface area contributed by atoms with Gasteiger partial charge in [0.1, 0.15) is 11.3 Å². The van der Waals surface area contributed by atoms with E-state index >= 15 is 0 Å². The van der Waals surface area contributed by atoms with Crippen molar-refractivity contribution in [2.24, 2.45) is 7.05 Å². The molecule has 3 aromatic rings. The summed E-state index contributed by atoms with van der Waals surface area (Å²) in [6.45, 7) is 4.32. The van der Waals surface area contributed by atoms with Gasteiger partial charge in [-0.15, -0.1) is 0 Å². The number of aryl methyl sites for hydroxylation is 1. The van der Waals surface area contributed by atoms with Gasteiger partial charge in [0.05, 0.1) is 0 Å². The van der Waals surface area contributed by atoms with E-state index in [4.69, 9.17) is 0 Å². The number of fused-ring (bicyclic) bond motifs is 2. The number of aromatic nitrogens is 3. The summed E-state index contributed by atoms with van der Waals surface area (Å²) in [5.41, 5.74) is 2.94. The first-order valence-corrected chi connectivity index (χ1v) is 9.75. The van der Waals surface area contributed by atoms with Gasteiger partial charge < -0.3 is 15.5 Å². The van der Waals surface area contributed by atoms with Gasteiger partial charge in [-0.2, -0.15) is 5.10 Å². The van der Waals surface area contributed by atoms with Gasteiger partial charge in [-0.3, -0.25) is 9.58 Å². The van der Waals surface area contributed by atoms with Crippen molar-refractivity contribution in [3.8, 4) is 0 Å². The van der Waals surface area contributed by atoms with E-state index in [2.05, 4.69) is 25.6 Å². The van der Waals surface area contributed by atoms with E-state index in [-0.39, 0.29) is 6.03 Å². The van der Waals surface area contributed by atoms with Crippen LogP contribution in [0.3, 0.4) is 0 Å². The highest BCUT2D eigenvalue weighted by molar-refractivity contribution is 6.03. The predicted octanol–water partition coefficient (Wildman–Crippen LogP) is 2.11. The number of carbonyl (C=O) groups is 1. The Kier molecular flexibility index (Phi) is 4.31. The summed E-state index contributed by atoms with van der Waals surface area (Å²) in [7, 11) is 1.74. The molecule has 0 unspecified atom stereocenters. The maximum absolute atomic E-state index is 14.3. The molecule has 29 heavy (non-hydrogen) atoms. The van der Waals surface area contributed by atoms with Gasteiger partial charge >= 0.3 is 6.03 Å². The minimum Gasteiger partial charge on any atom is -0.369 e. The average Bonchev–Trinajstić information content (AvgIpc) is 3.32. The van der Waals surface area contributed by atoms with E-state index in [0.717, 1.165) is 43.9 Å². The van der Waals surface area contributed by atoms with E-state index in [1.54, 1.807) is 35.1 Å². The quantitative estimate of drug-likeness (QED) is 0.695. The van der Waals surface area contributed by atoms with Gasteiger partial charge in [-0.25, -0.2) is 14.2 Å². The first kappa shape index (κ1) is 17.9. The number of anilines is 3. The van der Waals surface area contributed by atoms with Gasteiger partial charge in [0.25, 0.3) is 0 Å². The standard InChI is InChI=1S/C20H22FN7O/c1-26-12-13-10-14(11-16(21)18(13)25-26)24-20(29)28-7-3-15-17(2-4-23-19(15)28)27-8-5-22-6-9-27/h2,4,10-12,22H,3,5-9H2,1H3,(H,24,29). The molecule has 2 N–H and O–H groups in total. The fourth-order valence-electron chi connectivity index (χ4n) is 4.15.